The Balaban J connectivity index is 1.85. The van der Waals surface area contributed by atoms with E-state index in [0.29, 0.717) is 5.57 Å². The molecule has 2 aromatic rings. The number of ketones is 1. The minimum atomic E-state index is -0.465. The summed E-state index contributed by atoms with van der Waals surface area (Å²) < 4.78 is 5.13. The summed E-state index contributed by atoms with van der Waals surface area (Å²) in [6, 6.07) is 16.2. The number of allylic oxidation sites excluding steroid dienone is 1. The second kappa shape index (κ2) is 7.70. The van der Waals surface area contributed by atoms with E-state index in [-0.39, 0.29) is 11.8 Å². The summed E-state index contributed by atoms with van der Waals surface area (Å²) >= 11 is 0. The highest BCUT2D eigenvalue weighted by molar-refractivity contribution is 6.08. The van der Waals surface area contributed by atoms with Gasteiger partial charge in [-0.1, -0.05) is 48.5 Å². The molecule has 0 unspecified atom stereocenters. The average Bonchev–Trinajstić information content (AvgIpc) is 2.69. The maximum atomic E-state index is 12.8. The monoisotopic (exact) mass is 348 g/mol. The molecule has 1 atom stereocenters. The summed E-state index contributed by atoms with van der Waals surface area (Å²) in [5.41, 5.74) is 2.28. The molecule has 0 bridgehead atoms. The van der Waals surface area contributed by atoms with Gasteiger partial charge in [0.25, 0.3) is 0 Å². The normalized spacial score (nSPS) is 17.0. The van der Waals surface area contributed by atoms with E-state index >= 15 is 0 Å². The van der Waals surface area contributed by atoms with Gasteiger partial charge in [0, 0.05) is 18.8 Å². The van der Waals surface area contributed by atoms with Crippen molar-refractivity contribution in [2.45, 2.75) is 6.04 Å². The third-order valence-electron chi connectivity index (χ3n) is 4.19. The third-order valence-corrected chi connectivity index (χ3v) is 4.19. The first-order chi connectivity index (χ1) is 12.6. The molecule has 3 rings (SSSR count). The Hall–Kier alpha value is -3.34. The van der Waals surface area contributed by atoms with Crippen LogP contribution in [0, 0.1) is 0 Å². The largest absolute Gasteiger partial charge is 0.497 e. The number of amides is 2. The van der Waals surface area contributed by atoms with Gasteiger partial charge in [-0.2, -0.15) is 0 Å². The average molecular weight is 348 g/mol. The highest BCUT2D eigenvalue weighted by Gasteiger charge is 2.29. The van der Waals surface area contributed by atoms with Crippen LogP contribution >= 0.6 is 0 Å². The van der Waals surface area contributed by atoms with E-state index in [2.05, 4.69) is 5.32 Å². The first kappa shape index (κ1) is 17.5. The Bertz CT molecular complexity index is 855. The van der Waals surface area contributed by atoms with E-state index in [1.54, 1.807) is 26.4 Å². The molecule has 0 saturated heterocycles. The summed E-state index contributed by atoms with van der Waals surface area (Å²) in [6.45, 7) is 0. The van der Waals surface area contributed by atoms with Gasteiger partial charge in [-0.15, -0.1) is 0 Å². The van der Waals surface area contributed by atoms with Gasteiger partial charge in [0.1, 0.15) is 5.75 Å². The Kier molecular flexibility index (Phi) is 5.17. The molecular weight excluding hydrogens is 328 g/mol. The van der Waals surface area contributed by atoms with Crippen LogP contribution in [0.25, 0.3) is 6.08 Å². The van der Waals surface area contributed by atoms with Crippen molar-refractivity contribution in [1.29, 1.82) is 0 Å². The van der Waals surface area contributed by atoms with E-state index < -0.39 is 6.04 Å². The number of nitrogens with zero attached hydrogens (tertiary/aromatic N) is 1. The van der Waals surface area contributed by atoms with Crippen LogP contribution in [0.5, 0.6) is 5.75 Å². The van der Waals surface area contributed by atoms with E-state index in [1.165, 1.54) is 11.0 Å². The summed E-state index contributed by atoms with van der Waals surface area (Å²) in [5, 5.41) is 2.87. The summed E-state index contributed by atoms with van der Waals surface area (Å²) in [4.78, 5) is 26.2. The summed E-state index contributed by atoms with van der Waals surface area (Å²) in [5.74, 6) is 0.610. The minimum Gasteiger partial charge on any atom is -0.497 e. The van der Waals surface area contributed by atoms with Gasteiger partial charge in [-0.3, -0.25) is 4.79 Å². The van der Waals surface area contributed by atoms with E-state index in [1.807, 2.05) is 54.6 Å². The number of rotatable bonds is 5. The van der Waals surface area contributed by atoms with Crippen LogP contribution in [0.3, 0.4) is 0 Å². The van der Waals surface area contributed by atoms with Crippen LogP contribution in [0.15, 0.2) is 72.4 Å². The first-order valence-electron chi connectivity index (χ1n) is 8.25. The molecule has 0 spiro atoms. The van der Waals surface area contributed by atoms with E-state index in [0.717, 1.165) is 16.9 Å². The fraction of sp³-hybridized carbons (Fsp3) is 0.143. The standard InChI is InChI=1S/C21H20N2O3/c1-23-14-18(20(22-21(23)25)16-6-4-3-5-7-16)19(24)13-10-15-8-11-17(26-2)12-9-15/h3-14,20H,1-2H3,(H,22,25)/b13-10+/t20-/m0/s1. The lowest BCUT2D eigenvalue weighted by Gasteiger charge is -2.29. The Morgan fingerprint density at radius 2 is 1.81 bits per heavy atom. The van der Waals surface area contributed by atoms with Crippen molar-refractivity contribution >= 4 is 17.9 Å². The predicted octanol–water partition coefficient (Wildman–Crippen LogP) is 3.56. The molecule has 0 saturated carbocycles. The van der Waals surface area contributed by atoms with Gasteiger partial charge in [0.05, 0.1) is 13.2 Å². The van der Waals surface area contributed by atoms with Crippen molar-refractivity contribution in [3.63, 3.8) is 0 Å². The summed E-state index contributed by atoms with van der Waals surface area (Å²) in [7, 11) is 3.23. The molecule has 5 nitrogen and oxygen atoms in total. The second-order valence-corrected chi connectivity index (χ2v) is 5.96. The maximum Gasteiger partial charge on any atom is 0.321 e. The zero-order valence-corrected chi connectivity index (χ0v) is 14.7. The van der Waals surface area contributed by atoms with Crippen LogP contribution in [0.4, 0.5) is 4.79 Å². The molecule has 0 fully saturated rings. The van der Waals surface area contributed by atoms with Crippen molar-refractivity contribution in [2.75, 3.05) is 14.2 Å². The van der Waals surface area contributed by atoms with Crippen molar-refractivity contribution in [2.24, 2.45) is 0 Å². The Morgan fingerprint density at radius 1 is 1.12 bits per heavy atom. The molecule has 5 heteroatoms. The molecule has 0 radical (unpaired) electrons. The lowest BCUT2D eigenvalue weighted by atomic mass is 9.94. The number of methoxy groups -OCH3 is 1. The number of urea groups is 1. The molecule has 2 aromatic carbocycles. The van der Waals surface area contributed by atoms with E-state index in [9.17, 15) is 9.59 Å². The highest BCUT2D eigenvalue weighted by atomic mass is 16.5. The molecule has 1 aliphatic heterocycles. The molecule has 2 amide bonds. The summed E-state index contributed by atoms with van der Waals surface area (Å²) in [6.07, 6.45) is 4.87. The molecule has 0 aliphatic carbocycles. The van der Waals surface area contributed by atoms with Crippen molar-refractivity contribution in [1.82, 2.24) is 10.2 Å². The lowest BCUT2D eigenvalue weighted by Crippen LogP contribution is -2.43. The number of hydrogen-bond donors (Lipinski definition) is 1. The number of carbonyl (C=O) groups is 2. The number of carbonyl (C=O) groups excluding carboxylic acids is 2. The van der Waals surface area contributed by atoms with Crippen molar-refractivity contribution in [3.8, 4) is 5.75 Å². The minimum absolute atomic E-state index is 0.151. The van der Waals surface area contributed by atoms with Gasteiger partial charge >= 0.3 is 6.03 Å². The van der Waals surface area contributed by atoms with Crippen LogP contribution in [-0.2, 0) is 4.79 Å². The molecule has 0 aromatic heterocycles. The zero-order chi connectivity index (χ0) is 18.5. The first-order valence-corrected chi connectivity index (χ1v) is 8.25. The predicted molar refractivity (Wildman–Crippen MR) is 101 cm³/mol. The fourth-order valence-corrected chi connectivity index (χ4v) is 2.74. The Labute approximate surface area is 152 Å². The molecule has 1 heterocycles. The molecule has 132 valence electrons. The molecular formula is C21H20N2O3. The third kappa shape index (κ3) is 3.83. The van der Waals surface area contributed by atoms with E-state index in [4.69, 9.17) is 4.74 Å². The Morgan fingerprint density at radius 3 is 2.46 bits per heavy atom. The van der Waals surface area contributed by atoms with Gasteiger partial charge in [-0.25, -0.2) is 4.79 Å². The van der Waals surface area contributed by atoms with Crippen molar-refractivity contribution < 1.29 is 14.3 Å². The van der Waals surface area contributed by atoms with Crippen LogP contribution in [0.2, 0.25) is 0 Å². The zero-order valence-electron chi connectivity index (χ0n) is 14.7. The fourth-order valence-electron chi connectivity index (χ4n) is 2.74. The molecule has 1 aliphatic rings. The van der Waals surface area contributed by atoms with Crippen molar-refractivity contribution in [3.05, 3.63) is 83.6 Å². The van der Waals surface area contributed by atoms with Gasteiger partial charge < -0.3 is 15.0 Å². The second-order valence-electron chi connectivity index (χ2n) is 5.96. The highest BCUT2D eigenvalue weighted by Crippen LogP contribution is 2.26. The smallest absolute Gasteiger partial charge is 0.321 e. The quantitative estimate of drug-likeness (QED) is 0.841. The van der Waals surface area contributed by atoms with Gasteiger partial charge in [0.15, 0.2) is 5.78 Å². The lowest BCUT2D eigenvalue weighted by molar-refractivity contribution is -0.111. The van der Waals surface area contributed by atoms with Crippen LogP contribution < -0.4 is 10.1 Å². The molecule has 26 heavy (non-hydrogen) atoms. The molecule has 1 N–H and O–H groups in total. The number of nitrogens with one attached hydrogen (secondary N) is 1. The maximum absolute atomic E-state index is 12.8. The SMILES string of the molecule is COc1ccc(/C=C/C(=O)C2=CN(C)C(=O)N[C@H]2c2ccccc2)cc1. The number of hydrogen-bond acceptors (Lipinski definition) is 3. The van der Waals surface area contributed by atoms with Crippen LogP contribution in [0.1, 0.15) is 17.2 Å². The van der Waals surface area contributed by atoms with Crippen LogP contribution in [-0.4, -0.2) is 30.9 Å². The van der Waals surface area contributed by atoms with Gasteiger partial charge in [0.2, 0.25) is 0 Å². The van der Waals surface area contributed by atoms with Gasteiger partial charge in [-0.05, 0) is 29.3 Å². The topological polar surface area (TPSA) is 58.6 Å². The number of ether oxygens (including phenoxy) is 1. The number of benzene rings is 2.